The van der Waals surface area contributed by atoms with E-state index >= 15 is 0 Å². The van der Waals surface area contributed by atoms with Gasteiger partial charge in [-0.2, -0.15) is 0 Å². The number of carboxylic acid groups (broad SMARTS) is 1. The number of ether oxygens (including phenoxy) is 1. The number of aliphatic carboxylic acids is 1. The average molecular weight is 362 g/mol. The second kappa shape index (κ2) is 6.42. The number of amides is 1. The fourth-order valence-electron chi connectivity index (χ4n) is 1.93. The number of benzene rings is 1. The molecule has 0 aliphatic heterocycles. The Labute approximate surface area is 140 Å². The lowest BCUT2D eigenvalue weighted by atomic mass is 10.0. The van der Waals surface area contributed by atoms with Gasteiger partial charge >= 0.3 is 5.97 Å². The molecule has 2 N–H and O–H groups in total. The van der Waals surface area contributed by atoms with Gasteiger partial charge in [0, 0.05) is 22.2 Å². The van der Waals surface area contributed by atoms with E-state index in [1.165, 1.54) is 14.0 Å². The van der Waals surface area contributed by atoms with E-state index < -0.39 is 17.4 Å². The molecule has 1 atom stereocenters. The van der Waals surface area contributed by atoms with Gasteiger partial charge in [-0.1, -0.05) is 29.3 Å². The van der Waals surface area contributed by atoms with E-state index in [0.29, 0.717) is 10.4 Å². The van der Waals surface area contributed by atoms with Crippen LogP contribution >= 0.6 is 34.5 Å². The van der Waals surface area contributed by atoms with E-state index in [4.69, 9.17) is 27.9 Å². The number of halogens is 2. The van der Waals surface area contributed by atoms with E-state index in [-0.39, 0.29) is 16.5 Å². The van der Waals surface area contributed by atoms with Crippen molar-refractivity contribution in [2.75, 3.05) is 13.7 Å². The Morgan fingerprint density at radius 3 is 2.68 bits per heavy atom. The summed E-state index contributed by atoms with van der Waals surface area (Å²) in [7, 11) is 1.36. The zero-order chi connectivity index (χ0) is 16.5. The molecule has 0 spiro atoms. The first kappa shape index (κ1) is 17.0. The number of fused-ring (bicyclic) bond motifs is 1. The fraction of sp³-hybridized carbons (Fsp3) is 0.286. The second-order valence-electron chi connectivity index (χ2n) is 4.91. The summed E-state index contributed by atoms with van der Waals surface area (Å²) in [6.07, 6.45) is 0. The molecular weight excluding hydrogens is 349 g/mol. The zero-order valence-corrected chi connectivity index (χ0v) is 14.1. The molecule has 0 aliphatic carbocycles. The highest BCUT2D eigenvalue weighted by Crippen LogP contribution is 2.36. The maximum absolute atomic E-state index is 12.4. The number of methoxy groups -OCH3 is 1. The van der Waals surface area contributed by atoms with Crippen molar-refractivity contribution in [3.05, 3.63) is 33.1 Å². The van der Waals surface area contributed by atoms with E-state index in [1.54, 1.807) is 18.2 Å². The highest BCUT2D eigenvalue weighted by atomic mass is 35.5. The van der Waals surface area contributed by atoms with Crippen LogP contribution in [0.4, 0.5) is 0 Å². The third-order valence-electron chi connectivity index (χ3n) is 3.09. The Balaban J connectivity index is 2.37. The number of hydrogen-bond donors (Lipinski definition) is 2. The van der Waals surface area contributed by atoms with Gasteiger partial charge < -0.3 is 15.2 Å². The lowest BCUT2D eigenvalue weighted by molar-refractivity contribution is -0.145. The monoisotopic (exact) mass is 361 g/mol. The highest BCUT2D eigenvalue weighted by molar-refractivity contribution is 7.21. The topological polar surface area (TPSA) is 75.6 Å². The molecule has 1 aromatic carbocycles. The number of carbonyl (C=O) groups excluding carboxylic acids is 1. The van der Waals surface area contributed by atoms with Crippen molar-refractivity contribution in [3.8, 4) is 0 Å². The fourth-order valence-corrected chi connectivity index (χ4v) is 3.62. The summed E-state index contributed by atoms with van der Waals surface area (Å²) in [5.41, 5.74) is -1.54. The Morgan fingerprint density at radius 1 is 1.41 bits per heavy atom. The normalized spacial score (nSPS) is 13.8. The first-order chi connectivity index (χ1) is 10.3. The molecular formula is C14H13Cl2NO4S. The van der Waals surface area contributed by atoms with Crippen LogP contribution in [-0.4, -0.2) is 36.2 Å². The van der Waals surface area contributed by atoms with Gasteiger partial charge in [-0.05, 0) is 19.1 Å². The third-order valence-corrected chi connectivity index (χ3v) is 4.98. The molecule has 0 saturated carbocycles. The molecule has 0 fully saturated rings. The predicted octanol–water partition coefficient (Wildman–Crippen LogP) is 3.43. The molecule has 118 valence electrons. The number of thiophene rings is 1. The van der Waals surface area contributed by atoms with Gasteiger partial charge in [-0.3, -0.25) is 4.79 Å². The number of hydrogen-bond acceptors (Lipinski definition) is 4. The molecule has 1 amide bonds. The van der Waals surface area contributed by atoms with E-state index in [9.17, 15) is 14.7 Å². The van der Waals surface area contributed by atoms with Crippen molar-refractivity contribution in [3.63, 3.8) is 0 Å². The standard InChI is InChI=1S/C14H13Cl2NO4S/c1-14(6-21-2,13(19)20)17-12(18)11-10(16)8-4-3-7(15)5-9(8)22-11/h3-5H,6H2,1-2H3,(H,17,18)(H,19,20). The maximum atomic E-state index is 12.4. The molecule has 0 saturated heterocycles. The Morgan fingerprint density at radius 2 is 2.09 bits per heavy atom. The van der Waals surface area contributed by atoms with Gasteiger partial charge in [-0.25, -0.2) is 4.79 Å². The second-order valence-corrected chi connectivity index (χ2v) is 6.78. The molecule has 1 aromatic heterocycles. The first-order valence-electron chi connectivity index (χ1n) is 6.21. The lowest BCUT2D eigenvalue weighted by Crippen LogP contribution is -2.55. The van der Waals surface area contributed by atoms with Gasteiger partial charge in [0.15, 0.2) is 5.54 Å². The molecule has 8 heteroatoms. The smallest absolute Gasteiger partial charge is 0.331 e. The van der Waals surface area contributed by atoms with Crippen molar-refractivity contribution < 1.29 is 19.4 Å². The summed E-state index contributed by atoms with van der Waals surface area (Å²) in [4.78, 5) is 24.0. The molecule has 22 heavy (non-hydrogen) atoms. The number of rotatable bonds is 5. The molecule has 0 aliphatic rings. The summed E-state index contributed by atoms with van der Waals surface area (Å²) in [5.74, 6) is -1.76. The summed E-state index contributed by atoms with van der Waals surface area (Å²) in [5, 5.41) is 13.2. The Bertz CT molecular complexity index is 746. The van der Waals surface area contributed by atoms with Crippen LogP contribution in [-0.2, 0) is 9.53 Å². The lowest BCUT2D eigenvalue weighted by Gasteiger charge is -2.24. The largest absolute Gasteiger partial charge is 0.479 e. The minimum absolute atomic E-state index is 0.164. The van der Waals surface area contributed by atoms with Crippen molar-refractivity contribution >= 4 is 56.5 Å². The predicted molar refractivity (Wildman–Crippen MR) is 87.2 cm³/mol. The van der Waals surface area contributed by atoms with Crippen LogP contribution in [0.2, 0.25) is 10.0 Å². The minimum atomic E-state index is -1.54. The average Bonchev–Trinajstić information content (AvgIpc) is 2.75. The SMILES string of the molecule is COCC(C)(NC(=O)c1sc2cc(Cl)ccc2c1Cl)C(=O)O. The van der Waals surface area contributed by atoms with Crippen molar-refractivity contribution in [2.45, 2.75) is 12.5 Å². The molecule has 5 nitrogen and oxygen atoms in total. The van der Waals surface area contributed by atoms with Crippen LogP contribution in [0.3, 0.4) is 0 Å². The van der Waals surface area contributed by atoms with Crippen LogP contribution in [0.25, 0.3) is 10.1 Å². The Hall–Kier alpha value is -1.34. The summed E-state index contributed by atoms with van der Waals surface area (Å²) in [6, 6.07) is 5.10. The number of nitrogens with one attached hydrogen (secondary N) is 1. The molecule has 1 heterocycles. The maximum Gasteiger partial charge on any atom is 0.331 e. The summed E-state index contributed by atoms with van der Waals surface area (Å²) >= 11 is 13.3. The van der Waals surface area contributed by atoms with E-state index in [0.717, 1.165) is 16.0 Å². The van der Waals surface area contributed by atoms with Crippen LogP contribution in [0.15, 0.2) is 18.2 Å². The molecule has 2 rings (SSSR count). The highest BCUT2D eigenvalue weighted by Gasteiger charge is 2.36. The molecule has 2 aromatic rings. The van der Waals surface area contributed by atoms with E-state index in [1.807, 2.05) is 0 Å². The number of carbonyl (C=O) groups is 2. The third kappa shape index (κ3) is 3.20. The zero-order valence-electron chi connectivity index (χ0n) is 11.8. The molecule has 1 unspecified atom stereocenters. The quantitative estimate of drug-likeness (QED) is 0.855. The van der Waals surface area contributed by atoms with Gasteiger partial charge in [0.25, 0.3) is 5.91 Å². The number of carboxylic acids is 1. The van der Waals surface area contributed by atoms with Gasteiger partial charge in [0.2, 0.25) is 0 Å². The molecule has 0 bridgehead atoms. The van der Waals surface area contributed by atoms with Crippen molar-refractivity contribution in [1.29, 1.82) is 0 Å². The van der Waals surface area contributed by atoms with Gasteiger partial charge in [0.05, 0.1) is 11.6 Å². The first-order valence-corrected chi connectivity index (χ1v) is 7.78. The van der Waals surface area contributed by atoms with Gasteiger partial charge in [-0.15, -0.1) is 11.3 Å². The van der Waals surface area contributed by atoms with Crippen molar-refractivity contribution in [1.82, 2.24) is 5.32 Å². The Kier molecular flexibility index (Phi) is 4.97. The summed E-state index contributed by atoms with van der Waals surface area (Å²) in [6.45, 7) is 1.21. The molecule has 0 radical (unpaired) electrons. The van der Waals surface area contributed by atoms with E-state index in [2.05, 4.69) is 5.32 Å². The van der Waals surface area contributed by atoms with Crippen LogP contribution < -0.4 is 5.32 Å². The van der Waals surface area contributed by atoms with Crippen molar-refractivity contribution in [2.24, 2.45) is 0 Å². The van der Waals surface area contributed by atoms with Crippen LogP contribution in [0.5, 0.6) is 0 Å². The van der Waals surface area contributed by atoms with Crippen LogP contribution in [0, 0.1) is 0 Å². The van der Waals surface area contributed by atoms with Gasteiger partial charge in [0.1, 0.15) is 4.88 Å². The summed E-state index contributed by atoms with van der Waals surface area (Å²) < 4.78 is 5.62. The van der Waals surface area contributed by atoms with Crippen LogP contribution in [0.1, 0.15) is 16.6 Å². The minimum Gasteiger partial charge on any atom is -0.479 e.